The summed E-state index contributed by atoms with van der Waals surface area (Å²) in [7, 11) is 1.56. The molecular formula is C21H21N3O4. The standard InChI is InChI=1S/C21H21N3O4/c1-27-19-7-3-2-6-18(19)24-13-23-17-11-14(8-9-16(17)21(24)26)20(25)22-12-15-5-4-10-28-15/h2-3,6-9,11,13,15H,4-5,10,12H2,1H3,(H,22,25). The average molecular weight is 379 g/mol. The molecule has 28 heavy (non-hydrogen) atoms. The highest BCUT2D eigenvalue weighted by molar-refractivity contribution is 5.97. The third-order valence-corrected chi connectivity index (χ3v) is 4.88. The van der Waals surface area contributed by atoms with Crippen molar-refractivity contribution in [1.29, 1.82) is 0 Å². The molecule has 4 rings (SSSR count). The van der Waals surface area contributed by atoms with Crippen molar-refractivity contribution in [2.24, 2.45) is 0 Å². The van der Waals surface area contributed by atoms with Crippen LogP contribution < -0.4 is 15.6 Å². The van der Waals surface area contributed by atoms with Gasteiger partial charge in [0.2, 0.25) is 0 Å². The van der Waals surface area contributed by atoms with Crippen molar-refractivity contribution >= 4 is 16.8 Å². The minimum Gasteiger partial charge on any atom is -0.495 e. The number of benzene rings is 2. The number of carbonyl (C=O) groups is 1. The first-order chi connectivity index (χ1) is 13.7. The van der Waals surface area contributed by atoms with E-state index in [0.29, 0.717) is 34.4 Å². The minimum absolute atomic E-state index is 0.0792. The summed E-state index contributed by atoms with van der Waals surface area (Å²) in [5.41, 5.74) is 1.33. The number of nitrogens with zero attached hydrogens (tertiary/aromatic N) is 2. The first-order valence-corrected chi connectivity index (χ1v) is 9.22. The van der Waals surface area contributed by atoms with Gasteiger partial charge in [0.25, 0.3) is 11.5 Å². The van der Waals surface area contributed by atoms with Crippen LogP contribution in [-0.4, -0.2) is 41.8 Å². The molecule has 0 spiro atoms. The molecule has 2 heterocycles. The largest absolute Gasteiger partial charge is 0.495 e. The fourth-order valence-corrected chi connectivity index (χ4v) is 3.38. The normalized spacial score (nSPS) is 16.2. The Morgan fingerprint density at radius 1 is 1.32 bits per heavy atom. The molecule has 3 aromatic rings. The van der Waals surface area contributed by atoms with Gasteiger partial charge in [-0.3, -0.25) is 14.2 Å². The number of fused-ring (bicyclic) bond motifs is 1. The third-order valence-electron chi connectivity index (χ3n) is 4.88. The van der Waals surface area contributed by atoms with Gasteiger partial charge in [0.15, 0.2) is 0 Å². The second-order valence-corrected chi connectivity index (χ2v) is 6.67. The summed E-state index contributed by atoms with van der Waals surface area (Å²) >= 11 is 0. The molecule has 7 nitrogen and oxygen atoms in total. The number of methoxy groups -OCH3 is 1. The van der Waals surface area contributed by atoms with E-state index in [1.165, 1.54) is 10.9 Å². The van der Waals surface area contributed by atoms with Gasteiger partial charge < -0.3 is 14.8 Å². The molecule has 144 valence electrons. The predicted octanol–water partition coefficient (Wildman–Crippen LogP) is 2.30. The molecule has 1 atom stereocenters. The highest BCUT2D eigenvalue weighted by atomic mass is 16.5. The van der Waals surface area contributed by atoms with E-state index in [9.17, 15) is 9.59 Å². The smallest absolute Gasteiger partial charge is 0.265 e. The van der Waals surface area contributed by atoms with Gasteiger partial charge in [-0.25, -0.2) is 4.98 Å². The second kappa shape index (κ2) is 7.82. The van der Waals surface area contributed by atoms with Crippen LogP contribution in [0.5, 0.6) is 5.75 Å². The Morgan fingerprint density at radius 3 is 2.96 bits per heavy atom. The zero-order valence-electron chi connectivity index (χ0n) is 15.6. The van der Waals surface area contributed by atoms with Crippen LogP contribution in [0.25, 0.3) is 16.6 Å². The Kier molecular flexibility index (Phi) is 5.08. The molecule has 1 saturated heterocycles. The number of rotatable bonds is 5. The zero-order valence-corrected chi connectivity index (χ0v) is 15.6. The lowest BCUT2D eigenvalue weighted by atomic mass is 10.1. The van der Waals surface area contributed by atoms with Crippen molar-refractivity contribution in [3.05, 3.63) is 64.7 Å². The maximum Gasteiger partial charge on any atom is 0.265 e. The van der Waals surface area contributed by atoms with E-state index in [4.69, 9.17) is 9.47 Å². The first kappa shape index (κ1) is 18.2. The van der Waals surface area contributed by atoms with Crippen molar-refractivity contribution in [2.45, 2.75) is 18.9 Å². The third kappa shape index (κ3) is 3.48. The maximum atomic E-state index is 12.9. The van der Waals surface area contributed by atoms with Crippen LogP contribution in [0.3, 0.4) is 0 Å². The van der Waals surface area contributed by atoms with Crippen molar-refractivity contribution in [3.8, 4) is 11.4 Å². The van der Waals surface area contributed by atoms with Crippen LogP contribution in [0.15, 0.2) is 53.6 Å². The van der Waals surface area contributed by atoms with E-state index in [2.05, 4.69) is 10.3 Å². The number of carbonyl (C=O) groups excluding carboxylic acids is 1. The van der Waals surface area contributed by atoms with Crippen LogP contribution in [-0.2, 0) is 4.74 Å². The predicted molar refractivity (Wildman–Crippen MR) is 105 cm³/mol. The molecule has 1 amide bonds. The van der Waals surface area contributed by atoms with Crippen LogP contribution in [0.1, 0.15) is 23.2 Å². The summed E-state index contributed by atoms with van der Waals surface area (Å²) < 4.78 is 12.3. The molecule has 1 aliphatic heterocycles. The molecule has 0 saturated carbocycles. The zero-order chi connectivity index (χ0) is 19.5. The van der Waals surface area contributed by atoms with Crippen LogP contribution in [0.4, 0.5) is 0 Å². The summed E-state index contributed by atoms with van der Waals surface area (Å²) in [6.07, 6.45) is 3.52. The van der Waals surface area contributed by atoms with Crippen molar-refractivity contribution in [2.75, 3.05) is 20.3 Å². The van der Waals surface area contributed by atoms with Gasteiger partial charge in [-0.15, -0.1) is 0 Å². The molecule has 7 heteroatoms. The molecule has 0 aliphatic carbocycles. The summed E-state index contributed by atoms with van der Waals surface area (Å²) in [5.74, 6) is 0.379. The van der Waals surface area contributed by atoms with Gasteiger partial charge in [0.1, 0.15) is 12.1 Å². The highest BCUT2D eigenvalue weighted by Crippen LogP contribution is 2.21. The number of ether oxygens (including phenoxy) is 2. The highest BCUT2D eigenvalue weighted by Gasteiger charge is 2.17. The van der Waals surface area contributed by atoms with Crippen LogP contribution >= 0.6 is 0 Å². The van der Waals surface area contributed by atoms with Crippen LogP contribution in [0.2, 0.25) is 0 Å². The lowest BCUT2D eigenvalue weighted by molar-refractivity contribution is 0.0858. The molecular weight excluding hydrogens is 358 g/mol. The molecule has 2 aromatic carbocycles. The molecule has 1 fully saturated rings. The van der Waals surface area contributed by atoms with Gasteiger partial charge in [0.05, 0.1) is 29.8 Å². The Morgan fingerprint density at radius 2 is 2.18 bits per heavy atom. The van der Waals surface area contributed by atoms with Crippen LogP contribution in [0, 0.1) is 0 Å². The minimum atomic E-state index is -0.221. The quantitative estimate of drug-likeness (QED) is 0.736. The van der Waals surface area contributed by atoms with Gasteiger partial charge in [-0.05, 0) is 43.2 Å². The molecule has 0 bridgehead atoms. The molecule has 0 radical (unpaired) electrons. The Balaban J connectivity index is 1.62. The van der Waals surface area contributed by atoms with E-state index in [1.807, 2.05) is 12.1 Å². The molecule has 1 aromatic heterocycles. The number of para-hydroxylation sites is 2. The Bertz CT molecular complexity index is 1070. The molecule has 1 aliphatic rings. The summed E-state index contributed by atoms with van der Waals surface area (Å²) in [6.45, 7) is 1.23. The van der Waals surface area contributed by atoms with E-state index in [1.54, 1.807) is 37.4 Å². The number of hydrogen-bond donors (Lipinski definition) is 1. The van der Waals surface area contributed by atoms with Crippen molar-refractivity contribution < 1.29 is 14.3 Å². The Hall–Kier alpha value is -3.19. The number of amides is 1. The van der Waals surface area contributed by atoms with Crippen molar-refractivity contribution in [1.82, 2.24) is 14.9 Å². The van der Waals surface area contributed by atoms with E-state index in [0.717, 1.165) is 19.4 Å². The van der Waals surface area contributed by atoms with Gasteiger partial charge in [-0.2, -0.15) is 0 Å². The van der Waals surface area contributed by atoms with E-state index >= 15 is 0 Å². The van der Waals surface area contributed by atoms with Crippen molar-refractivity contribution in [3.63, 3.8) is 0 Å². The summed E-state index contributed by atoms with van der Waals surface area (Å²) in [6, 6.07) is 12.2. The van der Waals surface area contributed by atoms with E-state index in [-0.39, 0.29) is 17.6 Å². The van der Waals surface area contributed by atoms with E-state index < -0.39 is 0 Å². The van der Waals surface area contributed by atoms with Gasteiger partial charge in [0, 0.05) is 18.7 Å². The number of aromatic nitrogens is 2. The summed E-state index contributed by atoms with van der Waals surface area (Å²) in [4.78, 5) is 29.7. The molecule has 1 N–H and O–H groups in total. The average Bonchev–Trinajstić information content (AvgIpc) is 3.26. The van der Waals surface area contributed by atoms with Gasteiger partial charge >= 0.3 is 0 Å². The fraction of sp³-hybridized carbons (Fsp3) is 0.286. The topological polar surface area (TPSA) is 82.5 Å². The number of nitrogens with one attached hydrogen (secondary N) is 1. The SMILES string of the molecule is COc1ccccc1-n1cnc2cc(C(=O)NCC3CCCO3)ccc2c1=O. The summed E-state index contributed by atoms with van der Waals surface area (Å²) in [5, 5.41) is 3.32. The first-order valence-electron chi connectivity index (χ1n) is 9.22. The fourth-order valence-electron chi connectivity index (χ4n) is 3.38. The van der Waals surface area contributed by atoms with Gasteiger partial charge in [-0.1, -0.05) is 12.1 Å². The second-order valence-electron chi connectivity index (χ2n) is 6.67. The lowest BCUT2D eigenvalue weighted by Crippen LogP contribution is -2.31. The number of hydrogen-bond acceptors (Lipinski definition) is 5. The lowest BCUT2D eigenvalue weighted by Gasteiger charge is -2.12. The Labute approximate surface area is 161 Å². The maximum absolute atomic E-state index is 12.9. The molecule has 1 unspecified atom stereocenters. The monoisotopic (exact) mass is 379 g/mol.